The van der Waals surface area contributed by atoms with Gasteiger partial charge in [0.1, 0.15) is 5.82 Å². The number of nitrogens with one attached hydrogen (secondary N) is 1. The van der Waals surface area contributed by atoms with Crippen LogP contribution in [0, 0.1) is 0 Å². The minimum absolute atomic E-state index is 0.377. The lowest BCUT2D eigenvalue weighted by Gasteiger charge is -2.28. The molecule has 0 saturated carbocycles. The predicted molar refractivity (Wildman–Crippen MR) is 185 cm³/mol. The van der Waals surface area contributed by atoms with Crippen molar-refractivity contribution in [2.75, 3.05) is 22.3 Å². The Morgan fingerprint density at radius 1 is 0.783 bits per heavy atom. The van der Waals surface area contributed by atoms with Crippen molar-refractivity contribution < 1.29 is 13.5 Å². The second kappa shape index (κ2) is 12.4. The summed E-state index contributed by atoms with van der Waals surface area (Å²) < 4.78 is 29.7. The minimum Gasteiger partial charge on any atom is -0.493 e. The molecule has 0 radical (unpaired) electrons. The van der Waals surface area contributed by atoms with Gasteiger partial charge in [-0.2, -0.15) is 8.42 Å². The first-order chi connectivity index (χ1) is 22.2. The summed E-state index contributed by atoms with van der Waals surface area (Å²) in [6.45, 7) is 2.25. The molecule has 0 aliphatic carbocycles. The molecule has 0 bridgehead atoms. The van der Waals surface area contributed by atoms with E-state index < -0.39 is 16.1 Å². The number of halogens is 2. The van der Waals surface area contributed by atoms with Crippen LogP contribution in [0.3, 0.4) is 0 Å². The van der Waals surface area contributed by atoms with Gasteiger partial charge in [-0.25, -0.2) is 14.0 Å². The van der Waals surface area contributed by atoms with Crippen molar-refractivity contribution in [3.63, 3.8) is 0 Å². The van der Waals surface area contributed by atoms with Crippen LogP contribution in [-0.2, 0) is 16.6 Å². The first-order valence-electron chi connectivity index (χ1n) is 15.0. The van der Waals surface area contributed by atoms with E-state index in [0.29, 0.717) is 27.8 Å². The van der Waals surface area contributed by atoms with Crippen LogP contribution in [0.4, 0.5) is 11.4 Å². The minimum atomic E-state index is -3.89. The van der Waals surface area contributed by atoms with Gasteiger partial charge in [-0.1, -0.05) is 59.6 Å². The highest BCUT2D eigenvalue weighted by atomic mass is 35.5. The van der Waals surface area contributed by atoms with Gasteiger partial charge >= 0.3 is 10.2 Å². The van der Waals surface area contributed by atoms with Crippen LogP contribution in [-0.4, -0.2) is 36.2 Å². The van der Waals surface area contributed by atoms with Crippen molar-refractivity contribution in [3.8, 4) is 28.1 Å². The third-order valence-electron chi connectivity index (χ3n) is 8.34. The molecule has 0 spiro atoms. The Hall–Kier alpha value is -4.44. The van der Waals surface area contributed by atoms with E-state index in [4.69, 9.17) is 28.2 Å². The van der Waals surface area contributed by atoms with Crippen LogP contribution in [0.15, 0.2) is 109 Å². The normalized spacial score (nSPS) is 15.9. The fraction of sp³-hybridized carbons (Fsp3) is 0.171. The monoisotopic (exact) mass is 671 g/mol. The number of aliphatic hydroxyl groups excluding tert-OH is 1. The number of benzene rings is 4. The lowest BCUT2D eigenvalue weighted by Crippen LogP contribution is -2.29. The van der Waals surface area contributed by atoms with Crippen LogP contribution in [0.5, 0.6) is 0 Å². The summed E-state index contributed by atoms with van der Waals surface area (Å²) in [7, 11) is -3.89. The molecule has 0 amide bonds. The van der Waals surface area contributed by atoms with Crippen molar-refractivity contribution in [2.24, 2.45) is 0 Å². The number of rotatable bonds is 7. The van der Waals surface area contributed by atoms with E-state index in [2.05, 4.69) is 58.2 Å². The summed E-state index contributed by atoms with van der Waals surface area (Å²) in [5, 5.41) is 10.7. The average molecular weight is 673 g/mol. The lowest BCUT2D eigenvalue weighted by atomic mass is 10.0. The van der Waals surface area contributed by atoms with Gasteiger partial charge in [-0.05, 0) is 90.6 Å². The zero-order valence-corrected chi connectivity index (χ0v) is 27.1. The van der Waals surface area contributed by atoms with Crippen molar-refractivity contribution in [2.45, 2.75) is 25.7 Å². The van der Waals surface area contributed by atoms with E-state index in [1.54, 1.807) is 24.3 Å². The van der Waals surface area contributed by atoms with E-state index >= 15 is 0 Å². The molecule has 11 heteroatoms. The smallest absolute Gasteiger partial charge is 0.330 e. The predicted octanol–water partition coefficient (Wildman–Crippen LogP) is 8.11. The maximum absolute atomic E-state index is 12.4. The van der Waals surface area contributed by atoms with Gasteiger partial charge in [0.15, 0.2) is 0 Å². The maximum Gasteiger partial charge on any atom is 0.330 e. The summed E-state index contributed by atoms with van der Waals surface area (Å²) in [5.41, 5.74) is 7.28. The van der Waals surface area contributed by atoms with Gasteiger partial charge in [-0.15, -0.1) is 0 Å². The molecule has 2 aliphatic heterocycles. The zero-order valence-electron chi connectivity index (χ0n) is 24.8. The maximum atomic E-state index is 12.4. The third kappa shape index (κ3) is 6.18. The fourth-order valence-corrected chi connectivity index (χ4v) is 7.53. The number of nitrogens with zero attached hydrogens (tertiary/aromatic N) is 4. The van der Waals surface area contributed by atoms with Gasteiger partial charge in [0, 0.05) is 47.7 Å². The molecule has 7 rings (SSSR count). The number of hydrogen-bond acceptors (Lipinski definition) is 5. The quantitative estimate of drug-likeness (QED) is 0.182. The highest BCUT2D eigenvalue weighted by molar-refractivity contribution is 7.91. The summed E-state index contributed by atoms with van der Waals surface area (Å²) in [4.78, 5) is 7.45. The van der Waals surface area contributed by atoms with Crippen LogP contribution in [0.25, 0.3) is 28.1 Å². The second-order valence-electron chi connectivity index (χ2n) is 11.4. The molecule has 46 heavy (non-hydrogen) atoms. The molecule has 2 N–H and O–H groups in total. The lowest BCUT2D eigenvalue weighted by molar-refractivity contribution is 0.392. The first kappa shape index (κ1) is 30.2. The number of anilines is 2. The topological polar surface area (TPSA) is 90.7 Å². The molecular weight excluding hydrogens is 641 g/mol. The molecule has 1 saturated heterocycles. The Morgan fingerprint density at radius 2 is 1.41 bits per heavy atom. The number of piperidine rings is 1. The Balaban J connectivity index is 1.17. The Bertz CT molecular complexity index is 2020. The van der Waals surface area contributed by atoms with Crippen molar-refractivity contribution in [1.82, 2.24) is 14.3 Å². The Morgan fingerprint density at radius 3 is 2.04 bits per heavy atom. The number of aromatic nitrogens is 2. The highest BCUT2D eigenvalue weighted by Gasteiger charge is 2.28. The van der Waals surface area contributed by atoms with E-state index in [1.807, 2.05) is 29.0 Å². The number of aliphatic hydroxyl groups is 1. The fourth-order valence-electron chi connectivity index (χ4n) is 5.97. The van der Waals surface area contributed by atoms with Crippen molar-refractivity contribution in [1.29, 1.82) is 0 Å². The van der Waals surface area contributed by atoms with Gasteiger partial charge < -0.3 is 14.6 Å². The Kier molecular flexibility index (Phi) is 8.15. The molecule has 3 heterocycles. The highest BCUT2D eigenvalue weighted by Crippen LogP contribution is 2.33. The van der Waals surface area contributed by atoms with Crippen molar-refractivity contribution >= 4 is 44.8 Å². The second-order valence-corrected chi connectivity index (χ2v) is 13.8. The molecule has 1 fully saturated rings. The van der Waals surface area contributed by atoms with E-state index in [9.17, 15) is 13.5 Å². The molecule has 1 aromatic heterocycles. The first-order valence-corrected chi connectivity index (χ1v) is 17.2. The largest absolute Gasteiger partial charge is 0.493 e. The molecule has 0 unspecified atom stereocenters. The van der Waals surface area contributed by atoms with Crippen LogP contribution in [0.1, 0.15) is 30.7 Å². The number of hydrogen-bond donors (Lipinski definition) is 2. The van der Waals surface area contributed by atoms with Crippen molar-refractivity contribution in [3.05, 3.63) is 131 Å². The molecule has 8 nitrogen and oxygen atoms in total. The molecule has 5 aromatic rings. The third-order valence-corrected chi connectivity index (χ3v) is 10.2. The SMILES string of the molecule is O=S1(=O)NC(O)=CN1c1ccc(-n2cc(-c3ccc(Cl)cc3Cl)nc2Cc2ccc(-c3ccc(N4CCCCC4)cc3)cc2)cc1. The molecule has 2 aliphatic rings. The number of imidazole rings is 1. The zero-order chi connectivity index (χ0) is 31.8. The molecular formula is C35H31Cl2N5O3S. The van der Waals surface area contributed by atoms with E-state index in [0.717, 1.165) is 51.8 Å². The van der Waals surface area contributed by atoms with Gasteiger partial charge in [0.25, 0.3) is 0 Å². The summed E-state index contributed by atoms with van der Waals surface area (Å²) in [6, 6.07) is 29.6. The van der Waals surface area contributed by atoms with Crippen LogP contribution < -0.4 is 13.9 Å². The van der Waals surface area contributed by atoms with Crippen LogP contribution >= 0.6 is 23.2 Å². The van der Waals surface area contributed by atoms with Gasteiger partial charge in [-0.3, -0.25) is 0 Å². The van der Waals surface area contributed by atoms with E-state index in [1.165, 1.54) is 30.5 Å². The van der Waals surface area contributed by atoms with Gasteiger partial charge in [0.05, 0.1) is 22.6 Å². The summed E-state index contributed by atoms with van der Waals surface area (Å²) >= 11 is 12.7. The average Bonchev–Trinajstić information content (AvgIpc) is 3.60. The Labute approximate surface area is 278 Å². The molecule has 4 aromatic carbocycles. The standard InChI is InChI=1S/C35H31Cl2N5O3S/c36-27-10-17-31(32(37)21-27)33-22-41(29-13-15-30(16-14-29)42-23-35(43)39-46(42,44)45)34(38-33)20-24-4-6-25(7-5-24)26-8-11-28(12-9-26)40-18-2-1-3-19-40/h4-17,21-23,39,43H,1-3,18-20H2. The van der Waals surface area contributed by atoms with Crippen LogP contribution in [0.2, 0.25) is 10.0 Å². The molecule has 234 valence electrons. The molecule has 0 atom stereocenters. The summed E-state index contributed by atoms with van der Waals surface area (Å²) in [5.74, 6) is 0.339. The van der Waals surface area contributed by atoms with E-state index in [-0.39, 0.29) is 0 Å². The van der Waals surface area contributed by atoms with Gasteiger partial charge in [0.2, 0.25) is 5.88 Å². The summed E-state index contributed by atoms with van der Waals surface area (Å²) in [6.07, 6.45) is 7.41.